The van der Waals surface area contributed by atoms with Crippen LogP contribution in [0.25, 0.3) is 0 Å². The van der Waals surface area contributed by atoms with Gasteiger partial charge in [0.25, 0.3) is 0 Å². The molecule has 0 amide bonds. The molecular weight excluding hydrogens is 196 g/mol. The fourth-order valence-corrected chi connectivity index (χ4v) is 2.08. The van der Waals surface area contributed by atoms with Gasteiger partial charge >= 0.3 is 0 Å². The van der Waals surface area contributed by atoms with E-state index in [2.05, 4.69) is 4.98 Å². The zero-order valence-corrected chi connectivity index (χ0v) is 7.00. The van der Waals surface area contributed by atoms with Crippen molar-refractivity contribution in [1.29, 1.82) is 0 Å². The van der Waals surface area contributed by atoms with Gasteiger partial charge in [-0.1, -0.05) is 22.9 Å². The average Bonchev–Trinajstić information content (AvgIpc) is 2.11. The van der Waals surface area contributed by atoms with Crippen molar-refractivity contribution in [2.45, 2.75) is 4.21 Å². The number of sulfonamides is 1. The molecule has 0 spiro atoms. The van der Waals surface area contributed by atoms with Gasteiger partial charge in [-0.2, -0.15) is 0 Å². The number of thiazole rings is 1. The number of aromatic nitrogens is 1. The zero-order chi connectivity index (χ0) is 7.78. The van der Waals surface area contributed by atoms with E-state index >= 15 is 0 Å². The molecule has 0 saturated heterocycles. The van der Waals surface area contributed by atoms with Gasteiger partial charge in [-0.15, -0.1) is 0 Å². The van der Waals surface area contributed by atoms with E-state index in [1.807, 2.05) is 0 Å². The summed E-state index contributed by atoms with van der Waals surface area (Å²) in [5, 5.41) is 4.75. The van der Waals surface area contributed by atoms with Gasteiger partial charge in [0.1, 0.15) is 0 Å². The second-order valence-electron chi connectivity index (χ2n) is 1.48. The summed E-state index contributed by atoms with van der Waals surface area (Å²) >= 11 is 6.19. The minimum Gasteiger partial charge on any atom is -0.232 e. The summed E-state index contributed by atoms with van der Waals surface area (Å²) in [6.07, 6.45) is 1.13. The maximum atomic E-state index is 10.5. The molecule has 1 heterocycles. The van der Waals surface area contributed by atoms with Crippen molar-refractivity contribution in [3.63, 3.8) is 0 Å². The highest BCUT2D eigenvalue weighted by atomic mass is 35.5. The number of nitrogens with two attached hydrogens (primary N) is 1. The van der Waals surface area contributed by atoms with Gasteiger partial charge in [0, 0.05) is 0 Å². The van der Waals surface area contributed by atoms with Crippen LogP contribution in [0.15, 0.2) is 10.4 Å². The standard InChI is InChI=1S/C3H3ClN2O2S2/c4-3-6-1-2(9-3)10(5,7)8/h1H,(H2,5,7,8). The highest BCUT2D eigenvalue weighted by Crippen LogP contribution is 2.20. The summed E-state index contributed by atoms with van der Waals surface area (Å²) in [5.74, 6) is 0. The smallest absolute Gasteiger partial charge is 0.232 e. The van der Waals surface area contributed by atoms with Crippen LogP contribution >= 0.6 is 22.9 Å². The van der Waals surface area contributed by atoms with Gasteiger partial charge in [0.05, 0.1) is 6.20 Å². The second-order valence-corrected chi connectivity index (χ2v) is 4.88. The molecule has 1 aromatic heterocycles. The lowest BCUT2D eigenvalue weighted by Gasteiger charge is -1.85. The molecule has 0 unspecified atom stereocenters. The van der Waals surface area contributed by atoms with Crippen LogP contribution in [0.1, 0.15) is 0 Å². The molecule has 2 N–H and O–H groups in total. The Labute approximate surface area is 66.7 Å². The first kappa shape index (κ1) is 7.93. The first-order valence-corrected chi connectivity index (χ1v) is 4.88. The maximum absolute atomic E-state index is 10.5. The van der Waals surface area contributed by atoms with Crippen LogP contribution in [0.3, 0.4) is 0 Å². The Kier molecular flexibility index (Phi) is 1.95. The first-order chi connectivity index (χ1) is 4.50. The monoisotopic (exact) mass is 198 g/mol. The summed E-state index contributed by atoms with van der Waals surface area (Å²) in [4.78, 5) is 3.51. The van der Waals surface area contributed by atoms with Crippen molar-refractivity contribution in [2.75, 3.05) is 0 Å². The summed E-state index contributed by atoms with van der Waals surface area (Å²) < 4.78 is 21.2. The predicted octanol–water partition coefficient (Wildman–Crippen LogP) is 0.444. The van der Waals surface area contributed by atoms with Crippen molar-refractivity contribution < 1.29 is 8.42 Å². The van der Waals surface area contributed by atoms with Crippen LogP contribution in [0.2, 0.25) is 4.47 Å². The largest absolute Gasteiger partial charge is 0.249 e. The van der Waals surface area contributed by atoms with E-state index in [9.17, 15) is 8.42 Å². The third-order valence-electron chi connectivity index (χ3n) is 0.737. The topological polar surface area (TPSA) is 73.1 Å². The first-order valence-electron chi connectivity index (χ1n) is 2.14. The van der Waals surface area contributed by atoms with E-state index in [1.54, 1.807) is 0 Å². The number of hydrogen-bond donors (Lipinski definition) is 1. The van der Waals surface area contributed by atoms with Gasteiger partial charge < -0.3 is 0 Å². The van der Waals surface area contributed by atoms with Crippen LogP contribution in [0, 0.1) is 0 Å². The molecule has 10 heavy (non-hydrogen) atoms. The van der Waals surface area contributed by atoms with Gasteiger partial charge in [-0.25, -0.2) is 18.5 Å². The fourth-order valence-electron chi connectivity index (χ4n) is 0.371. The number of halogens is 1. The van der Waals surface area contributed by atoms with E-state index in [0.717, 1.165) is 17.5 Å². The van der Waals surface area contributed by atoms with E-state index in [-0.39, 0.29) is 8.68 Å². The molecule has 0 radical (unpaired) electrons. The fraction of sp³-hybridized carbons (Fsp3) is 0. The lowest BCUT2D eigenvalue weighted by Crippen LogP contribution is -2.09. The minimum atomic E-state index is -3.61. The minimum absolute atomic E-state index is 0.0162. The Morgan fingerprint density at radius 3 is 2.50 bits per heavy atom. The molecule has 56 valence electrons. The van der Waals surface area contributed by atoms with E-state index < -0.39 is 10.0 Å². The summed E-state index contributed by atoms with van der Waals surface area (Å²) in [6.45, 7) is 0. The van der Waals surface area contributed by atoms with Crippen LogP contribution < -0.4 is 5.14 Å². The van der Waals surface area contributed by atoms with Crippen LogP contribution in [-0.4, -0.2) is 13.4 Å². The lowest BCUT2D eigenvalue weighted by atomic mass is 11.0. The van der Waals surface area contributed by atoms with E-state index in [4.69, 9.17) is 16.7 Å². The predicted molar refractivity (Wildman–Crippen MR) is 38.5 cm³/mol. The second kappa shape index (κ2) is 2.46. The quantitative estimate of drug-likeness (QED) is 0.712. The SMILES string of the molecule is NS(=O)(=O)c1cnc(Cl)s1. The molecule has 1 aromatic rings. The van der Waals surface area contributed by atoms with Crippen LogP contribution in [0.4, 0.5) is 0 Å². The molecule has 0 bridgehead atoms. The normalized spacial score (nSPS) is 11.8. The Bertz CT molecular complexity index is 330. The van der Waals surface area contributed by atoms with E-state index in [1.165, 1.54) is 0 Å². The number of hydrogen-bond acceptors (Lipinski definition) is 4. The average molecular weight is 199 g/mol. The van der Waals surface area contributed by atoms with Crippen molar-refractivity contribution >= 4 is 33.0 Å². The maximum Gasteiger partial charge on any atom is 0.249 e. The van der Waals surface area contributed by atoms with Crippen molar-refractivity contribution in [3.05, 3.63) is 10.7 Å². The lowest BCUT2D eigenvalue weighted by molar-refractivity contribution is 0.599. The molecular formula is C3H3ClN2O2S2. The summed E-state index contributed by atoms with van der Waals surface area (Å²) in [5.41, 5.74) is 0. The zero-order valence-electron chi connectivity index (χ0n) is 4.61. The number of rotatable bonds is 1. The van der Waals surface area contributed by atoms with Gasteiger partial charge in [-0.05, 0) is 0 Å². The Morgan fingerprint density at radius 2 is 2.30 bits per heavy atom. The number of nitrogens with zero attached hydrogens (tertiary/aromatic N) is 1. The van der Waals surface area contributed by atoms with E-state index in [0.29, 0.717) is 0 Å². The van der Waals surface area contributed by atoms with Crippen molar-refractivity contribution in [2.24, 2.45) is 5.14 Å². The molecule has 0 aliphatic carbocycles. The molecule has 7 heteroatoms. The third kappa shape index (κ3) is 1.66. The number of primary sulfonamides is 1. The van der Waals surface area contributed by atoms with Crippen LogP contribution in [0.5, 0.6) is 0 Å². The molecule has 4 nitrogen and oxygen atoms in total. The molecule has 0 aromatic carbocycles. The molecule has 0 atom stereocenters. The highest BCUT2D eigenvalue weighted by Gasteiger charge is 2.10. The van der Waals surface area contributed by atoms with Gasteiger partial charge in [0.15, 0.2) is 8.68 Å². The van der Waals surface area contributed by atoms with Crippen molar-refractivity contribution in [3.8, 4) is 0 Å². The highest BCUT2D eigenvalue weighted by molar-refractivity contribution is 7.91. The molecule has 0 aliphatic heterocycles. The molecule has 0 aliphatic rings. The van der Waals surface area contributed by atoms with Gasteiger partial charge in [0.2, 0.25) is 10.0 Å². The Morgan fingerprint density at radius 1 is 1.70 bits per heavy atom. The molecule has 1 rings (SSSR count). The van der Waals surface area contributed by atoms with Gasteiger partial charge in [-0.3, -0.25) is 0 Å². The molecule has 0 saturated carbocycles. The van der Waals surface area contributed by atoms with Crippen molar-refractivity contribution in [1.82, 2.24) is 4.98 Å². The summed E-state index contributed by atoms with van der Waals surface area (Å²) in [7, 11) is -3.61. The molecule has 0 fully saturated rings. The Balaban J connectivity index is 3.21. The van der Waals surface area contributed by atoms with Crippen LogP contribution in [-0.2, 0) is 10.0 Å². The Hall–Kier alpha value is -0.170. The third-order valence-corrected chi connectivity index (χ3v) is 3.26. The summed E-state index contributed by atoms with van der Waals surface area (Å²) in [6, 6.07) is 0.